The second-order valence-corrected chi connectivity index (χ2v) is 6.94. The van der Waals surface area contributed by atoms with Gasteiger partial charge in [0.05, 0.1) is 12.0 Å². The first-order valence-electron chi connectivity index (χ1n) is 8.77. The molecule has 0 saturated carbocycles. The SMILES string of the molecule is CC(C)c1ccc(/C=C/CC(=O)NC2(CC(=O)O)CCOCC2)cc1. The highest BCUT2D eigenvalue weighted by atomic mass is 16.5. The van der Waals surface area contributed by atoms with Crippen LogP contribution in [0.25, 0.3) is 6.08 Å². The normalized spacial score (nSPS) is 16.9. The quantitative estimate of drug-likeness (QED) is 0.794. The van der Waals surface area contributed by atoms with Crippen molar-refractivity contribution in [2.75, 3.05) is 13.2 Å². The van der Waals surface area contributed by atoms with E-state index in [1.165, 1.54) is 5.56 Å². The van der Waals surface area contributed by atoms with Gasteiger partial charge in [0, 0.05) is 19.6 Å². The molecule has 0 unspecified atom stereocenters. The first-order chi connectivity index (χ1) is 11.9. The largest absolute Gasteiger partial charge is 0.481 e. The second-order valence-electron chi connectivity index (χ2n) is 6.94. The van der Waals surface area contributed by atoms with E-state index in [0.29, 0.717) is 32.0 Å². The van der Waals surface area contributed by atoms with Crippen molar-refractivity contribution in [3.8, 4) is 0 Å². The molecule has 136 valence electrons. The third kappa shape index (κ3) is 6.02. The summed E-state index contributed by atoms with van der Waals surface area (Å²) in [6, 6.07) is 8.25. The van der Waals surface area contributed by atoms with E-state index >= 15 is 0 Å². The van der Waals surface area contributed by atoms with E-state index < -0.39 is 11.5 Å². The first-order valence-corrected chi connectivity index (χ1v) is 8.77. The lowest BCUT2D eigenvalue weighted by Crippen LogP contribution is -2.53. The molecule has 1 aromatic carbocycles. The molecule has 0 spiro atoms. The van der Waals surface area contributed by atoms with Crippen molar-refractivity contribution < 1.29 is 19.4 Å². The van der Waals surface area contributed by atoms with E-state index in [4.69, 9.17) is 9.84 Å². The molecule has 1 fully saturated rings. The number of hydrogen-bond acceptors (Lipinski definition) is 3. The molecule has 0 bridgehead atoms. The van der Waals surface area contributed by atoms with E-state index in [9.17, 15) is 9.59 Å². The number of carboxylic acid groups (broad SMARTS) is 1. The first kappa shape index (κ1) is 19.2. The van der Waals surface area contributed by atoms with Crippen molar-refractivity contribution in [2.24, 2.45) is 0 Å². The van der Waals surface area contributed by atoms with Crippen LogP contribution in [0.3, 0.4) is 0 Å². The molecule has 25 heavy (non-hydrogen) atoms. The highest BCUT2D eigenvalue weighted by molar-refractivity contribution is 5.80. The number of ether oxygens (including phenoxy) is 1. The van der Waals surface area contributed by atoms with Gasteiger partial charge in [0.25, 0.3) is 0 Å². The van der Waals surface area contributed by atoms with E-state index in [1.807, 2.05) is 24.3 Å². The summed E-state index contributed by atoms with van der Waals surface area (Å²) in [7, 11) is 0. The average molecular weight is 345 g/mol. The van der Waals surface area contributed by atoms with Crippen LogP contribution in [0.5, 0.6) is 0 Å². The fourth-order valence-electron chi connectivity index (χ4n) is 3.04. The maximum absolute atomic E-state index is 12.2. The van der Waals surface area contributed by atoms with Crippen LogP contribution in [-0.4, -0.2) is 35.7 Å². The molecule has 0 aromatic heterocycles. The third-order valence-electron chi connectivity index (χ3n) is 4.56. The Kier molecular flexibility index (Phi) is 6.76. The Labute approximate surface area is 149 Å². The van der Waals surface area contributed by atoms with Gasteiger partial charge in [-0.25, -0.2) is 0 Å². The molecule has 5 nitrogen and oxygen atoms in total. The minimum Gasteiger partial charge on any atom is -0.481 e. The number of amides is 1. The minimum atomic E-state index is -0.900. The van der Waals surface area contributed by atoms with Crippen LogP contribution in [0.4, 0.5) is 0 Å². The Bertz CT molecular complexity index is 613. The van der Waals surface area contributed by atoms with Crippen molar-refractivity contribution in [1.82, 2.24) is 5.32 Å². The van der Waals surface area contributed by atoms with Gasteiger partial charge in [0.1, 0.15) is 0 Å². The van der Waals surface area contributed by atoms with Crippen molar-refractivity contribution >= 4 is 18.0 Å². The summed E-state index contributed by atoms with van der Waals surface area (Å²) in [6.07, 6.45) is 4.96. The van der Waals surface area contributed by atoms with Crippen LogP contribution in [0.15, 0.2) is 30.3 Å². The number of benzene rings is 1. The molecule has 5 heteroatoms. The summed E-state index contributed by atoms with van der Waals surface area (Å²) in [5, 5.41) is 12.0. The summed E-state index contributed by atoms with van der Waals surface area (Å²) in [5.74, 6) is -0.560. The molecule has 1 amide bonds. The van der Waals surface area contributed by atoms with E-state index in [1.54, 1.807) is 0 Å². The zero-order valence-corrected chi connectivity index (χ0v) is 15.0. The molecule has 1 heterocycles. The van der Waals surface area contributed by atoms with Gasteiger partial charge >= 0.3 is 5.97 Å². The minimum absolute atomic E-state index is 0.0670. The molecule has 0 atom stereocenters. The predicted octanol–water partition coefficient (Wildman–Crippen LogP) is 3.35. The summed E-state index contributed by atoms with van der Waals surface area (Å²) >= 11 is 0. The highest BCUT2D eigenvalue weighted by Gasteiger charge is 2.36. The predicted molar refractivity (Wildman–Crippen MR) is 97.4 cm³/mol. The smallest absolute Gasteiger partial charge is 0.305 e. The summed E-state index contributed by atoms with van der Waals surface area (Å²) < 4.78 is 5.30. The number of carbonyl (C=O) groups excluding carboxylic acids is 1. The fourth-order valence-corrected chi connectivity index (χ4v) is 3.04. The van der Waals surface area contributed by atoms with Gasteiger partial charge in [-0.15, -0.1) is 0 Å². The molecular formula is C20H27NO4. The van der Waals surface area contributed by atoms with Gasteiger partial charge in [-0.3, -0.25) is 9.59 Å². The lowest BCUT2D eigenvalue weighted by Gasteiger charge is -2.36. The summed E-state index contributed by atoms with van der Waals surface area (Å²) in [5.41, 5.74) is 1.64. The number of carbonyl (C=O) groups is 2. The maximum atomic E-state index is 12.2. The number of carboxylic acids is 1. The van der Waals surface area contributed by atoms with Crippen LogP contribution >= 0.6 is 0 Å². The second kappa shape index (κ2) is 8.81. The monoisotopic (exact) mass is 345 g/mol. The molecule has 1 saturated heterocycles. The van der Waals surface area contributed by atoms with Gasteiger partial charge < -0.3 is 15.2 Å². The van der Waals surface area contributed by atoms with Gasteiger partial charge in [-0.05, 0) is 29.9 Å². The number of nitrogens with one attached hydrogen (secondary N) is 1. The summed E-state index contributed by atoms with van der Waals surface area (Å²) in [4.78, 5) is 23.4. The Balaban J connectivity index is 1.90. The zero-order valence-electron chi connectivity index (χ0n) is 15.0. The Hall–Kier alpha value is -2.14. The molecule has 2 rings (SSSR count). The highest BCUT2D eigenvalue weighted by Crippen LogP contribution is 2.25. The third-order valence-corrected chi connectivity index (χ3v) is 4.56. The summed E-state index contributed by atoms with van der Waals surface area (Å²) in [6.45, 7) is 5.26. The molecule has 1 aromatic rings. The lowest BCUT2D eigenvalue weighted by atomic mass is 9.86. The van der Waals surface area contributed by atoms with E-state index in [2.05, 4.69) is 31.3 Å². The Morgan fingerprint density at radius 3 is 2.44 bits per heavy atom. The van der Waals surface area contributed by atoms with Crippen LogP contribution in [0.2, 0.25) is 0 Å². The molecule has 1 aliphatic rings. The van der Waals surface area contributed by atoms with E-state index in [0.717, 1.165) is 5.56 Å². The molecule has 1 aliphatic heterocycles. The van der Waals surface area contributed by atoms with Crippen LogP contribution in [0, 0.1) is 0 Å². The van der Waals surface area contributed by atoms with Gasteiger partial charge in [-0.2, -0.15) is 0 Å². The molecular weight excluding hydrogens is 318 g/mol. The standard InChI is InChI=1S/C20H27NO4/c1-15(2)17-8-6-16(7-9-17)4-3-5-18(22)21-20(14-19(23)24)10-12-25-13-11-20/h3-4,6-9,15H,5,10-14H2,1-2H3,(H,21,22)(H,23,24)/b4-3+. The molecule has 0 radical (unpaired) electrons. The van der Waals surface area contributed by atoms with Crippen LogP contribution in [0.1, 0.15) is 56.6 Å². The van der Waals surface area contributed by atoms with Crippen molar-refractivity contribution in [1.29, 1.82) is 0 Å². The number of rotatable bonds is 7. The van der Waals surface area contributed by atoms with Gasteiger partial charge in [0.2, 0.25) is 5.91 Å². The number of hydrogen-bond donors (Lipinski definition) is 2. The van der Waals surface area contributed by atoms with Crippen LogP contribution < -0.4 is 5.32 Å². The van der Waals surface area contributed by atoms with Crippen LogP contribution in [-0.2, 0) is 14.3 Å². The molecule has 2 N–H and O–H groups in total. The average Bonchev–Trinajstić information content (AvgIpc) is 2.55. The zero-order chi connectivity index (χ0) is 18.3. The van der Waals surface area contributed by atoms with Gasteiger partial charge in [0.15, 0.2) is 0 Å². The lowest BCUT2D eigenvalue weighted by molar-refractivity contribution is -0.140. The maximum Gasteiger partial charge on any atom is 0.305 e. The van der Waals surface area contributed by atoms with E-state index in [-0.39, 0.29) is 18.7 Å². The van der Waals surface area contributed by atoms with Crippen molar-refractivity contribution in [3.63, 3.8) is 0 Å². The Morgan fingerprint density at radius 2 is 1.88 bits per heavy atom. The van der Waals surface area contributed by atoms with Gasteiger partial charge in [-0.1, -0.05) is 50.3 Å². The topological polar surface area (TPSA) is 75.6 Å². The fraction of sp³-hybridized carbons (Fsp3) is 0.500. The van der Waals surface area contributed by atoms with Crippen molar-refractivity contribution in [3.05, 3.63) is 41.5 Å². The molecule has 0 aliphatic carbocycles. The Morgan fingerprint density at radius 1 is 1.24 bits per heavy atom. The van der Waals surface area contributed by atoms with Crippen molar-refractivity contribution in [2.45, 2.75) is 51.0 Å². The number of aliphatic carboxylic acids is 1.